The molecule has 1 N–H and O–H groups in total. The number of fused-ring (bicyclic) bond motifs is 1. The van der Waals surface area contributed by atoms with Crippen molar-refractivity contribution >= 4 is 16.9 Å². The number of aromatic amines is 1. The number of carbonyl (C=O) groups excluding carboxylic acids is 1. The summed E-state index contributed by atoms with van der Waals surface area (Å²) in [5, 5.41) is 0. The van der Waals surface area contributed by atoms with Crippen molar-refractivity contribution in [3.8, 4) is 0 Å². The van der Waals surface area contributed by atoms with Gasteiger partial charge in [0.05, 0.1) is 17.1 Å². The molecule has 0 saturated carbocycles. The topological polar surface area (TPSA) is 58.2 Å². The Kier molecular flexibility index (Phi) is 4.56. The van der Waals surface area contributed by atoms with Gasteiger partial charge in [0.1, 0.15) is 5.82 Å². The number of ether oxygens (including phenoxy) is 1. The summed E-state index contributed by atoms with van der Waals surface area (Å²) in [7, 11) is 0. The standard InChI is InChI=1S/C16H19F2N3O2/c1-10-3-2-4-12-15(10)20-13(19-12)5-6-14(22)21-8-7-11(9-21)23-16(17)18/h2-4,11,16H,5-9H2,1H3,(H,19,20)/t11-/m0/s1. The summed E-state index contributed by atoms with van der Waals surface area (Å²) in [6, 6.07) is 5.90. The third-order valence-electron chi connectivity index (χ3n) is 4.13. The predicted octanol–water partition coefficient (Wildman–Crippen LogP) is 2.64. The minimum Gasteiger partial charge on any atom is -0.342 e. The molecule has 1 atom stereocenters. The molecule has 0 spiro atoms. The normalized spacial score (nSPS) is 18.3. The number of rotatable bonds is 5. The molecule has 7 heteroatoms. The summed E-state index contributed by atoms with van der Waals surface area (Å²) in [6.45, 7) is -0.0857. The Hall–Kier alpha value is -2.02. The SMILES string of the molecule is Cc1cccc2[nH]c(CCC(=O)N3CC[C@H](OC(F)F)C3)nc12. The minimum absolute atomic E-state index is 0.0532. The van der Waals surface area contributed by atoms with Gasteiger partial charge < -0.3 is 14.6 Å². The highest BCUT2D eigenvalue weighted by Gasteiger charge is 2.28. The summed E-state index contributed by atoms with van der Waals surface area (Å²) in [5.74, 6) is 0.713. The van der Waals surface area contributed by atoms with Crippen LogP contribution in [0.15, 0.2) is 18.2 Å². The van der Waals surface area contributed by atoms with E-state index >= 15 is 0 Å². The van der Waals surface area contributed by atoms with Crippen molar-refractivity contribution in [3.05, 3.63) is 29.6 Å². The number of imidazole rings is 1. The van der Waals surface area contributed by atoms with Crippen LogP contribution in [0.4, 0.5) is 8.78 Å². The maximum absolute atomic E-state index is 12.2. The molecule has 0 bridgehead atoms. The second-order valence-electron chi connectivity index (χ2n) is 5.80. The number of hydrogen-bond donors (Lipinski definition) is 1. The third-order valence-corrected chi connectivity index (χ3v) is 4.13. The van der Waals surface area contributed by atoms with Crippen molar-refractivity contribution in [2.75, 3.05) is 13.1 Å². The number of likely N-dealkylation sites (tertiary alicyclic amines) is 1. The van der Waals surface area contributed by atoms with E-state index in [1.54, 1.807) is 4.90 Å². The Morgan fingerprint density at radius 2 is 2.35 bits per heavy atom. The van der Waals surface area contributed by atoms with Crippen LogP contribution in [0.5, 0.6) is 0 Å². The minimum atomic E-state index is -2.78. The summed E-state index contributed by atoms with van der Waals surface area (Å²) < 4.78 is 28.8. The lowest BCUT2D eigenvalue weighted by atomic mass is 10.2. The second-order valence-corrected chi connectivity index (χ2v) is 5.80. The summed E-state index contributed by atoms with van der Waals surface area (Å²) in [6.07, 6.45) is 0.706. The van der Waals surface area contributed by atoms with Gasteiger partial charge in [-0.15, -0.1) is 0 Å². The van der Waals surface area contributed by atoms with Crippen LogP contribution >= 0.6 is 0 Å². The van der Waals surface area contributed by atoms with E-state index in [2.05, 4.69) is 14.7 Å². The summed E-state index contributed by atoms with van der Waals surface area (Å²) in [4.78, 5) is 21.5. The van der Waals surface area contributed by atoms with Crippen molar-refractivity contribution in [1.82, 2.24) is 14.9 Å². The number of halogens is 2. The monoisotopic (exact) mass is 323 g/mol. The van der Waals surface area contributed by atoms with E-state index in [-0.39, 0.29) is 12.5 Å². The molecule has 5 nitrogen and oxygen atoms in total. The molecule has 1 fully saturated rings. The van der Waals surface area contributed by atoms with Gasteiger partial charge in [-0.1, -0.05) is 12.1 Å². The summed E-state index contributed by atoms with van der Waals surface area (Å²) >= 11 is 0. The molecule has 0 unspecified atom stereocenters. The number of hydrogen-bond acceptors (Lipinski definition) is 3. The fraction of sp³-hybridized carbons (Fsp3) is 0.500. The van der Waals surface area contributed by atoms with Gasteiger partial charge >= 0.3 is 6.61 Å². The number of nitrogens with zero attached hydrogens (tertiary/aromatic N) is 2. The van der Waals surface area contributed by atoms with Crippen molar-refractivity contribution < 1.29 is 18.3 Å². The lowest BCUT2D eigenvalue weighted by Gasteiger charge is -2.16. The Labute approximate surface area is 132 Å². The van der Waals surface area contributed by atoms with E-state index in [4.69, 9.17) is 0 Å². The molecule has 1 aliphatic heterocycles. The highest BCUT2D eigenvalue weighted by molar-refractivity contribution is 5.79. The maximum atomic E-state index is 12.2. The molecule has 1 amide bonds. The zero-order valence-corrected chi connectivity index (χ0v) is 12.9. The van der Waals surface area contributed by atoms with Crippen LogP contribution in [0.3, 0.4) is 0 Å². The molecule has 0 aliphatic carbocycles. The van der Waals surface area contributed by atoms with Crippen LogP contribution in [0.1, 0.15) is 24.2 Å². The molecular formula is C16H19F2N3O2. The van der Waals surface area contributed by atoms with E-state index in [1.807, 2.05) is 25.1 Å². The van der Waals surface area contributed by atoms with Gasteiger partial charge in [-0.3, -0.25) is 4.79 Å². The van der Waals surface area contributed by atoms with Gasteiger partial charge in [-0.05, 0) is 25.0 Å². The van der Waals surface area contributed by atoms with Crippen LogP contribution < -0.4 is 0 Å². The first-order valence-electron chi connectivity index (χ1n) is 7.68. The molecule has 1 saturated heterocycles. The summed E-state index contributed by atoms with van der Waals surface area (Å²) in [5.41, 5.74) is 2.96. The number of aromatic nitrogens is 2. The molecule has 2 aromatic rings. The van der Waals surface area contributed by atoms with Crippen LogP contribution in [0.2, 0.25) is 0 Å². The molecule has 124 valence electrons. The number of benzene rings is 1. The van der Waals surface area contributed by atoms with Crippen LogP contribution in [-0.4, -0.2) is 46.6 Å². The number of alkyl halides is 2. The maximum Gasteiger partial charge on any atom is 0.345 e. The lowest BCUT2D eigenvalue weighted by molar-refractivity contribution is -0.160. The number of amides is 1. The van der Waals surface area contributed by atoms with Crippen LogP contribution in [0.25, 0.3) is 11.0 Å². The third kappa shape index (κ3) is 3.67. The lowest BCUT2D eigenvalue weighted by Crippen LogP contribution is -2.30. The molecule has 2 heterocycles. The van der Waals surface area contributed by atoms with Crippen LogP contribution in [-0.2, 0) is 16.0 Å². The van der Waals surface area contributed by atoms with E-state index in [0.717, 1.165) is 22.4 Å². The number of carbonyl (C=O) groups is 1. The Morgan fingerprint density at radius 1 is 1.52 bits per heavy atom. The van der Waals surface area contributed by atoms with Crippen molar-refractivity contribution in [2.24, 2.45) is 0 Å². The molecule has 1 aromatic heterocycles. The number of H-pyrrole nitrogens is 1. The zero-order chi connectivity index (χ0) is 16.4. The van der Waals surface area contributed by atoms with Gasteiger partial charge in [-0.2, -0.15) is 8.78 Å². The van der Waals surface area contributed by atoms with Gasteiger partial charge in [-0.25, -0.2) is 4.98 Å². The fourth-order valence-electron chi connectivity index (χ4n) is 2.94. The number of nitrogens with one attached hydrogen (secondary N) is 1. The van der Waals surface area contributed by atoms with Crippen molar-refractivity contribution in [2.45, 2.75) is 38.9 Å². The first-order chi connectivity index (χ1) is 11.0. The number of aryl methyl sites for hydroxylation is 2. The van der Waals surface area contributed by atoms with Crippen molar-refractivity contribution in [1.29, 1.82) is 0 Å². The zero-order valence-electron chi connectivity index (χ0n) is 12.9. The Balaban J connectivity index is 1.55. The smallest absolute Gasteiger partial charge is 0.342 e. The average Bonchev–Trinajstić information content (AvgIpc) is 3.11. The van der Waals surface area contributed by atoms with Gasteiger partial charge in [0.25, 0.3) is 0 Å². The van der Waals surface area contributed by atoms with Crippen LogP contribution in [0, 0.1) is 6.92 Å². The fourth-order valence-corrected chi connectivity index (χ4v) is 2.94. The van der Waals surface area contributed by atoms with Gasteiger partial charge in [0.2, 0.25) is 5.91 Å². The Bertz CT molecular complexity index is 702. The molecule has 3 rings (SSSR count). The molecule has 23 heavy (non-hydrogen) atoms. The molecular weight excluding hydrogens is 304 g/mol. The first kappa shape index (κ1) is 15.9. The molecule has 1 aromatic carbocycles. The quantitative estimate of drug-likeness (QED) is 0.920. The van der Waals surface area contributed by atoms with Crippen molar-refractivity contribution in [3.63, 3.8) is 0 Å². The van der Waals surface area contributed by atoms with E-state index in [9.17, 15) is 13.6 Å². The predicted molar refractivity (Wildman–Crippen MR) is 81.2 cm³/mol. The number of para-hydroxylation sites is 1. The molecule has 1 aliphatic rings. The van der Waals surface area contributed by atoms with E-state index < -0.39 is 12.7 Å². The Morgan fingerprint density at radius 3 is 3.09 bits per heavy atom. The largest absolute Gasteiger partial charge is 0.345 e. The van der Waals surface area contributed by atoms with Gasteiger partial charge in [0.15, 0.2) is 0 Å². The highest BCUT2D eigenvalue weighted by Crippen LogP contribution is 2.18. The van der Waals surface area contributed by atoms with Gasteiger partial charge in [0, 0.05) is 25.9 Å². The van der Waals surface area contributed by atoms with E-state index in [1.165, 1.54) is 0 Å². The van der Waals surface area contributed by atoms with E-state index in [0.29, 0.717) is 25.8 Å². The molecule has 0 radical (unpaired) electrons. The second kappa shape index (κ2) is 6.62. The first-order valence-corrected chi connectivity index (χ1v) is 7.68. The highest BCUT2D eigenvalue weighted by atomic mass is 19.3. The average molecular weight is 323 g/mol.